The summed E-state index contributed by atoms with van der Waals surface area (Å²) in [7, 11) is 1.77. The van der Waals surface area contributed by atoms with Gasteiger partial charge in [0.05, 0.1) is 24.4 Å². The van der Waals surface area contributed by atoms with Gasteiger partial charge in [0, 0.05) is 52.2 Å². The van der Waals surface area contributed by atoms with E-state index in [4.69, 9.17) is 16.3 Å². The fraction of sp³-hybridized carbons (Fsp3) is 0.292. The van der Waals surface area contributed by atoms with Crippen LogP contribution in [-0.4, -0.2) is 53.4 Å². The van der Waals surface area contributed by atoms with E-state index in [0.29, 0.717) is 46.2 Å². The maximum absolute atomic E-state index is 15.1. The molecule has 0 aliphatic carbocycles. The van der Waals surface area contributed by atoms with E-state index in [1.54, 1.807) is 13.1 Å². The fourth-order valence-corrected chi connectivity index (χ4v) is 5.32. The number of rotatable bonds is 5. The van der Waals surface area contributed by atoms with Crippen molar-refractivity contribution in [1.82, 2.24) is 15.0 Å². The number of aliphatic hydroxyl groups is 1. The molecule has 0 amide bonds. The van der Waals surface area contributed by atoms with Crippen molar-refractivity contribution in [2.75, 3.05) is 43.6 Å². The van der Waals surface area contributed by atoms with Crippen molar-refractivity contribution in [2.24, 2.45) is 0 Å². The number of aromatic nitrogens is 3. The Labute approximate surface area is 205 Å². The number of aryl methyl sites for hydroxylation is 1. The van der Waals surface area contributed by atoms with Crippen LogP contribution in [0, 0.1) is 12.7 Å². The van der Waals surface area contributed by atoms with Gasteiger partial charge in [0.2, 0.25) is 0 Å². The number of aliphatic hydroxyl groups excluding tert-OH is 1. The van der Waals surface area contributed by atoms with Gasteiger partial charge in [0.1, 0.15) is 29.1 Å². The summed E-state index contributed by atoms with van der Waals surface area (Å²) in [6, 6.07) is 8.64. The molecular weight excluding hydrogens is 477 g/mol. The number of hydrogen-bond acceptors (Lipinski definition) is 8. The van der Waals surface area contributed by atoms with E-state index in [0.717, 1.165) is 23.7 Å². The highest BCUT2D eigenvalue weighted by atomic mass is 35.5. The third-order valence-corrected chi connectivity index (χ3v) is 7.27. The predicted octanol–water partition coefficient (Wildman–Crippen LogP) is 4.81. The Hall–Kier alpha value is -2.85. The Morgan fingerprint density at radius 3 is 2.74 bits per heavy atom. The first kappa shape index (κ1) is 22.9. The second kappa shape index (κ2) is 9.42. The van der Waals surface area contributed by atoms with Crippen LogP contribution in [0.25, 0.3) is 22.2 Å². The molecule has 2 aromatic carbocycles. The Bertz CT molecular complexity index is 1360. The normalized spacial score (nSPS) is 15.0. The molecule has 3 heterocycles. The lowest BCUT2D eigenvalue weighted by Gasteiger charge is -2.29. The topological polar surface area (TPSA) is 83.4 Å². The zero-order valence-corrected chi connectivity index (χ0v) is 20.3. The SMILES string of the molecule is CNc1nc(C(O)c2cc(-c3ncnc4cc(N5CCOCC5)ccc34)c(F)cc2Cl)sc1C. The quantitative estimate of drug-likeness (QED) is 0.407. The van der Waals surface area contributed by atoms with E-state index in [-0.39, 0.29) is 10.6 Å². The van der Waals surface area contributed by atoms with Gasteiger partial charge < -0.3 is 20.1 Å². The molecular formula is C24H23ClFN5O2S. The molecule has 1 unspecified atom stereocenters. The molecule has 4 aromatic rings. The number of hydrogen-bond donors (Lipinski definition) is 2. The molecule has 1 aliphatic rings. The van der Waals surface area contributed by atoms with E-state index in [1.165, 1.54) is 23.7 Å². The molecule has 0 spiro atoms. The summed E-state index contributed by atoms with van der Waals surface area (Å²) in [5.41, 5.74) is 2.79. The highest BCUT2D eigenvalue weighted by Gasteiger charge is 2.23. The Balaban J connectivity index is 1.57. The number of nitrogens with zero attached hydrogens (tertiary/aromatic N) is 4. The van der Waals surface area contributed by atoms with E-state index in [1.807, 2.05) is 25.1 Å². The first-order valence-corrected chi connectivity index (χ1v) is 12.1. The summed E-state index contributed by atoms with van der Waals surface area (Å²) in [6.07, 6.45) is 0.326. The molecule has 0 radical (unpaired) electrons. The van der Waals surface area contributed by atoms with Crippen molar-refractivity contribution in [3.05, 3.63) is 62.9 Å². The highest BCUT2D eigenvalue weighted by Crippen LogP contribution is 2.38. The number of nitrogens with one attached hydrogen (secondary N) is 1. The van der Waals surface area contributed by atoms with Crippen LogP contribution in [0.4, 0.5) is 15.9 Å². The van der Waals surface area contributed by atoms with Crippen molar-refractivity contribution in [1.29, 1.82) is 0 Å². The van der Waals surface area contributed by atoms with Crippen LogP contribution in [0.3, 0.4) is 0 Å². The number of ether oxygens (including phenoxy) is 1. The monoisotopic (exact) mass is 499 g/mol. The van der Waals surface area contributed by atoms with Gasteiger partial charge in [0.25, 0.3) is 0 Å². The van der Waals surface area contributed by atoms with Crippen LogP contribution < -0.4 is 10.2 Å². The Kier molecular flexibility index (Phi) is 6.35. The first-order chi connectivity index (χ1) is 16.5. The third-order valence-electron chi connectivity index (χ3n) is 5.92. The number of anilines is 2. The molecule has 1 saturated heterocycles. The molecule has 176 valence electrons. The molecule has 2 N–H and O–H groups in total. The summed E-state index contributed by atoms with van der Waals surface area (Å²) < 4.78 is 20.6. The minimum Gasteiger partial charge on any atom is -0.381 e. The van der Waals surface area contributed by atoms with Gasteiger partial charge in [-0.15, -0.1) is 11.3 Å². The first-order valence-electron chi connectivity index (χ1n) is 10.9. The molecule has 2 aromatic heterocycles. The molecule has 0 bridgehead atoms. The van der Waals surface area contributed by atoms with Gasteiger partial charge >= 0.3 is 0 Å². The van der Waals surface area contributed by atoms with Gasteiger partial charge in [-0.3, -0.25) is 0 Å². The van der Waals surface area contributed by atoms with Crippen LogP contribution in [0.5, 0.6) is 0 Å². The zero-order valence-electron chi connectivity index (χ0n) is 18.7. The molecule has 10 heteroatoms. The van der Waals surface area contributed by atoms with Crippen molar-refractivity contribution in [3.8, 4) is 11.3 Å². The molecule has 1 atom stereocenters. The number of fused-ring (bicyclic) bond motifs is 1. The molecule has 1 fully saturated rings. The Morgan fingerprint density at radius 1 is 1.21 bits per heavy atom. The molecule has 5 rings (SSSR count). The van der Waals surface area contributed by atoms with E-state index < -0.39 is 11.9 Å². The largest absolute Gasteiger partial charge is 0.381 e. The lowest BCUT2D eigenvalue weighted by Crippen LogP contribution is -2.36. The number of benzene rings is 2. The zero-order chi connectivity index (χ0) is 23.8. The van der Waals surface area contributed by atoms with Gasteiger partial charge in [-0.1, -0.05) is 11.6 Å². The van der Waals surface area contributed by atoms with Crippen LogP contribution in [0.15, 0.2) is 36.7 Å². The second-order valence-corrected chi connectivity index (χ2v) is 9.63. The van der Waals surface area contributed by atoms with Crippen molar-refractivity contribution in [3.63, 3.8) is 0 Å². The van der Waals surface area contributed by atoms with Gasteiger partial charge in [-0.05, 0) is 37.3 Å². The van der Waals surface area contributed by atoms with Crippen molar-refractivity contribution in [2.45, 2.75) is 13.0 Å². The van der Waals surface area contributed by atoms with Crippen LogP contribution in [-0.2, 0) is 4.74 Å². The standard InChI is InChI=1S/C24H23ClFN5O2S/c1-13-23(27-2)30-24(34-13)22(32)16-10-17(19(26)11-18(16)25)21-15-4-3-14(9-20(15)28-12-29-21)31-5-7-33-8-6-31/h3-4,9-12,22,27,32H,5-8H2,1-2H3. The fourth-order valence-electron chi connectivity index (χ4n) is 4.13. The van der Waals surface area contributed by atoms with E-state index in [9.17, 15) is 5.11 Å². The van der Waals surface area contributed by atoms with Crippen LogP contribution in [0.2, 0.25) is 5.02 Å². The molecule has 34 heavy (non-hydrogen) atoms. The molecule has 7 nitrogen and oxygen atoms in total. The van der Waals surface area contributed by atoms with Crippen LogP contribution in [0.1, 0.15) is 21.6 Å². The minimum atomic E-state index is -1.10. The molecule has 1 aliphatic heterocycles. The Morgan fingerprint density at radius 2 is 2.00 bits per heavy atom. The predicted molar refractivity (Wildman–Crippen MR) is 133 cm³/mol. The smallest absolute Gasteiger partial charge is 0.140 e. The summed E-state index contributed by atoms with van der Waals surface area (Å²) >= 11 is 7.71. The lowest BCUT2D eigenvalue weighted by molar-refractivity contribution is 0.122. The number of thiazole rings is 1. The average molecular weight is 500 g/mol. The maximum atomic E-state index is 15.1. The maximum Gasteiger partial charge on any atom is 0.140 e. The van der Waals surface area contributed by atoms with E-state index in [2.05, 4.69) is 25.2 Å². The van der Waals surface area contributed by atoms with E-state index >= 15 is 4.39 Å². The van der Waals surface area contributed by atoms with Crippen molar-refractivity contribution >= 4 is 45.3 Å². The summed E-state index contributed by atoms with van der Waals surface area (Å²) in [5.74, 6) is 0.166. The second-order valence-electron chi connectivity index (χ2n) is 7.99. The summed E-state index contributed by atoms with van der Waals surface area (Å²) in [5, 5.41) is 15.3. The minimum absolute atomic E-state index is 0.126. The third kappa shape index (κ3) is 4.20. The number of halogens is 2. The lowest BCUT2D eigenvalue weighted by atomic mass is 10.0. The highest BCUT2D eigenvalue weighted by molar-refractivity contribution is 7.12. The summed E-state index contributed by atoms with van der Waals surface area (Å²) in [6.45, 7) is 4.89. The van der Waals surface area contributed by atoms with Gasteiger partial charge in [-0.25, -0.2) is 19.3 Å². The van der Waals surface area contributed by atoms with Gasteiger partial charge in [-0.2, -0.15) is 0 Å². The number of morpholine rings is 1. The van der Waals surface area contributed by atoms with Gasteiger partial charge in [0.15, 0.2) is 0 Å². The summed E-state index contributed by atoms with van der Waals surface area (Å²) in [4.78, 5) is 16.4. The average Bonchev–Trinajstić information content (AvgIpc) is 3.24. The van der Waals surface area contributed by atoms with Crippen molar-refractivity contribution < 1.29 is 14.2 Å². The van der Waals surface area contributed by atoms with Crippen LogP contribution >= 0.6 is 22.9 Å². The molecule has 0 saturated carbocycles.